The van der Waals surface area contributed by atoms with Gasteiger partial charge in [-0.2, -0.15) is 11.8 Å². The second kappa shape index (κ2) is 31.4. The molecule has 6 aliphatic heterocycles. The summed E-state index contributed by atoms with van der Waals surface area (Å²) >= 11 is 1.43. The van der Waals surface area contributed by atoms with E-state index in [1.54, 1.807) is 4.57 Å². The van der Waals surface area contributed by atoms with Crippen LogP contribution in [0.15, 0.2) is 67.8 Å². The Morgan fingerprint density at radius 3 is 2.16 bits per heavy atom. The fraction of sp³-hybridized carbons (Fsp3) is 0.652. The zero-order chi connectivity index (χ0) is 74.8. The first-order valence-electron chi connectivity index (χ1n) is 34.3. The predicted octanol–water partition coefficient (Wildman–Crippen LogP) is 3.27. The minimum absolute atomic E-state index is 0.0353. The van der Waals surface area contributed by atoms with Crippen molar-refractivity contribution in [1.29, 1.82) is 5.41 Å². The van der Waals surface area contributed by atoms with Gasteiger partial charge in [-0.3, -0.25) is 57.6 Å². The van der Waals surface area contributed by atoms with Crippen molar-refractivity contribution in [3.8, 4) is 0 Å². The number of amides is 6. The first kappa shape index (κ1) is 79.5. The number of aliphatic hydroxyl groups excluding tert-OH is 2. The van der Waals surface area contributed by atoms with Gasteiger partial charge in [-0.1, -0.05) is 34.6 Å². The SMILES string of the molecule is COC(=O)[C@@H](N)CSCCCNC(=O)CC[C@@H]1C2=N[C@](C)([C@@H]3N=C(/C(C)=C4N=C(/C=C5\N/C(=C\2C)[C@@](C)(CC(N)=O)[C@@H]5CCC(=N)[O-])C(C)(C)[C@@H]\4CCC(N)=O)[C@](C)(CCC(=O)NC[C@@H](C)OP(=O)(O)O[C@H]2[C@@H](O)[C@@H](n4cnc5cc(C)c(C)cc54)O[C@H]2CO)[C@H]3CC(N)=O)[C@@]1(C)CC(N)=O. The molecule has 6 amide bonds. The van der Waals surface area contributed by atoms with Crippen LogP contribution in [0.2, 0.25) is 0 Å². The zero-order valence-electron chi connectivity index (χ0n) is 59.8. The predicted molar refractivity (Wildman–Crippen MR) is 378 cm³/mol. The number of methoxy groups -OCH3 is 1. The van der Waals surface area contributed by atoms with Crippen molar-refractivity contribution in [2.45, 2.75) is 201 Å². The van der Waals surface area contributed by atoms with Gasteiger partial charge in [0.1, 0.15) is 24.4 Å². The number of benzene rings is 1. The fourth-order valence-corrected chi connectivity index (χ4v) is 18.4. The molecule has 101 heavy (non-hydrogen) atoms. The number of nitrogens with one attached hydrogen (secondary N) is 4. The van der Waals surface area contributed by atoms with Crippen LogP contribution >= 0.6 is 19.6 Å². The third-order valence-electron chi connectivity index (χ3n) is 22.1. The lowest BCUT2D eigenvalue weighted by atomic mass is 9.55. The van der Waals surface area contributed by atoms with Crippen molar-refractivity contribution in [2.24, 2.45) is 89.0 Å². The van der Waals surface area contributed by atoms with Gasteiger partial charge in [0.15, 0.2) is 6.23 Å². The number of aliphatic hydroxyl groups is 2. The highest BCUT2D eigenvalue weighted by Gasteiger charge is 2.66. The fourth-order valence-electron chi connectivity index (χ4n) is 16.3. The molecule has 17 N–H and O–H groups in total. The molecule has 0 aliphatic carbocycles. The number of allylic oxidation sites excluding steroid dienone is 6. The molecular weight excluding hydrogens is 1340 g/mol. The van der Waals surface area contributed by atoms with E-state index in [1.807, 2.05) is 87.4 Å². The van der Waals surface area contributed by atoms with E-state index in [2.05, 4.69) is 20.9 Å². The van der Waals surface area contributed by atoms with Crippen molar-refractivity contribution >= 4 is 95.1 Å². The van der Waals surface area contributed by atoms with E-state index in [-0.39, 0.29) is 89.6 Å². The van der Waals surface area contributed by atoms with Crippen molar-refractivity contribution in [1.82, 2.24) is 25.5 Å². The molecule has 30 nitrogen and oxygen atoms in total. The summed E-state index contributed by atoms with van der Waals surface area (Å²) in [6, 6.07) is 1.84. The van der Waals surface area contributed by atoms with Gasteiger partial charge in [-0.25, -0.2) is 9.55 Å². The first-order chi connectivity index (χ1) is 47.2. The van der Waals surface area contributed by atoms with Crippen molar-refractivity contribution < 1.29 is 76.9 Å². The minimum Gasteiger partial charge on any atom is -0.862 e. The second-order valence-corrected chi connectivity index (χ2v) is 32.0. The van der Waals surface area contributed by atoms with Gasteiger partial charge in [0.05, 0.1) is 48.8 Å². The number of esters is 1. The normalized spacial score (nSPS) is 32.0. The van der Waals surface area contributed by atoms with E-state index < -0.39 is 149 Å². The quantitative estimate of drug-likeness (QED) is 0.0160. The molecule has 2 aromatic rings. The molecule has 2 fully saturated rings. The molecule has 7 heterocycles. The number of imidazole rings is 1. The Labute approximate surface area is 592 Å². The lowest BCUT2D eigenvalue weighted by molar-refractivity contribution is -0.220. The molecule has 0 saturated carbocycles. The molecule has 0 radical (unpaired) electrons. The molecule has 32 heteroatoms. The lowest BCUT2D eigenvalue weighted by Gasteiger charge is -2.48. The van der Waals surface area contributed by atoms with Crippen LogP contribution in [0.5, 0.6) is 0 Å². The number of phosphoric ester groups is 1. The highest BCUT2D eigenvalue weighted by atomic mass is 32.2. The average molecular weight is 1450 g/mol. The van der Waals surface area contributed by atoms with Crippen molar-refractivity contribution in [3.05, 3.63) is 63.9 Å². The molecule has 16 atom stereocenters. The largest absolute Gasteiger partial charge is 0.862 e. The van der Waals surface area contributed by atoms with E-state index >= 15 is 0 Å². The van der Waals surface area contributed by atoms with Crippen molar-refractivity contribution in [3.63, 3.8) is 0 Å². The highest BCUT2D eigenvalue weighted by molar-refractivity contribution is 7.99. The molecule has 556 valence electrons. The molecule has 8 rings (SSSR count). The molecule has 8 bridgehead atoms. The number of rotatable bonds is 33. The van der Waals surface area contributed by atoms with Gasteiger partial charge in [-0.15, -0.1) is 0 Å². The Bertz CT molecular complexity index is 3850. The van der Waals surface area contributed by atoms with E-state index in [9.17, 15) is 58.3 Å². The van der Waals surface area contributed by atoms with Gasteiger partial charge in [0.2, 0.25) is 35.4 Å². The highest BCUT2D eigenvalue weighted by Crippen LogP contribution is 2.63. The summed E-state index contributed by atoms with van der Waals surface area (Å²) in [6.07, 6.45) is -4.15. The number of carbonyl (C=O) groups excluding carboxylic acids is 7. The summed E-state index contributed by atoms with van der Waals surface area (Å²) < 4.78 is 37.2. The Hall–Kier alpha value is -7.22. The number of ether oxygens (including phenoxy) is 2. The van der Waals surface area contributed by atoms with Crippen LogP contribution < -0.4 is 49.7 Å². The number of hydrogen-bond donors (Lipinski definition) is 12. The summed E-state index contributed by atoms with van der Waals surface area (Å²) in [4.78, 5) is 127. The van der Waals surface area contributed by atoms with Crippen LogP contribution in [-0.4, -0.2) is 169 Å². The number of nitrogens with zero attached hydrogens (tertiary/aromatic N) is 5. The summed E-state index contributed by atoms with van der Waals surface area (Å²) in [5, 5.41) is 52.1. The zero-order valence-corrected chi connectivity index (χ0v) is 61.5. The lowest BCUT2D eigenvalue weighted by Crippen LogP contribution is -2.56. The number of thioether (sulfide) groups is 1. The van der Waals surface area contributed by atoms with E-state index in [1.165, 1.54) is 32.1 Å². The van der Waals surface area contributed by atoms with Crippen LogP contribution in [0.25, 0.3) is 11.0 Å². The topological polar surface area (TPSA) is 502 Å². The molecule has 1 aromatic carbocycles. The van der Waals surface area contributed by atoms with Gasteiger partial charge in [-0.05, 0) is 132 Å². The van der Waals surface area contributed by atoms with Crippen LogP contribution in [0.3, 0.4) is 0 Å². The second-order valence-electron chi connectivity index (χ2n) is 29.5. The molecule has 2 saturated heterocycles. The third-order valence-corrected chi connectivity index (χ3v) is 24.5. The number of aliphatic imine (C=N–C) groups is 3. The number of aromatic nitrogens is 2. The molecule has 0 spiro atoms. The Morgan fingerprint density at radius 1 is 0.871 bits per heavy atom. The number of primary amides is 4. The Balaban J connectivity index is 1.19. The van der Waals surface area contributed by atoms with E-state index in [0.29, 0.717) is 74.3 Å². The average Bonchev–Trinajstić information content (AvgIpc) is 1.53. The van der Waals surface area contributed by atoms with Crippen molar-refractivity contribution in [2.75, 3.05) is 38.3 Å². The summed E-state index contributed by atoms with van der Waals surface area (Å²) in [6.45, 7) is 19.5. The maximum atomic E-state index is 14.5. The van der Waals surface area contributed by atoms with Crippen LogP contribution in [0.1, 0.15) is 157 Å². The summed E-state index contributed by atoms with van der Waals surface area (Å²) in [5.41, 5.74) is 31.4. The maximum absolute atomic E-state index is 14.5. The maximum Gasteiger partial charge on any atom is 0.472 e. The van der Waals surface area contributed by atoms with Gasteiger partial charge < -0.3 is 84.3 Å². The van der Waals surface area contributed by atoms with Gasteiger partial charge >= 0.3 is 13.8 Å². The van der Waals surface area contributed by atoms with Crippen LogP contribution in [0, 0.1) is 64.6 Å². The number of fused-ring (bicyclic) bond motifs is 7. The number of carbonyl (C=O) groups is 7. The Morgan fingerprint density at radius 2 is 1.52 bits per heavy atom. The number of hydrogen-bond acceptors (Lipinski definition) is 23. The molecule has 1 aromatic heterocycles. The first-order valence-corrected chi connectivity index (χ1v) is 36.9. The Kier molecular flexibility index (Phi) is 24.7. The van der Waals surface area contributed by atoms with E-state index in [0.717, 1.165) is 11.1 Å². The monoisotopic (exact) mass is 1450 g/mol. The van der Waals surface area contributed by atoms with Crippen LogP contribution in [0.4, 0.5) is 0 Å². The number of aryl methyl sites for hydroxylation is 2. The molecule has 6 aliphatic rings. The minimum atomic E-state index is -5.10. The van der Waals surface area contributed by atoms with Crippen LogP contribution in [-0.2, 0) is 56.6 Å². The van der Waals surface area contributed by atoms with E-state index in [4.69, 9.17) is 67.6 Å². The smallest absolute Gasteiger partial charge is 0.472 e. The summed E-state index contributed by atoms with van der Waals surface area (Å²) in [5.74, 6) is -7.06. The molecular formula is C69H102N14O16PS-. The van der Waals surface area contributed by atoms with Gasteiger partial charge in [0.25, 0.3) is 0 Å². The summed E-state index contributed by atoms with van der Waals surface area (Å²) in [7, 11) is -3.84. The number of nitrogens with two attached hydrogens (primary N) is 5. The third kappa shape index (κ3) is 16.6. The van der Waals surface area contributed by atoms with Gasteiger partial charge in [0, 0.05) is 137 Å². The molecule has 1 unspecified atom stereocenters. The number of phosphoric acid groups is 1. The standard InChI is InChI=1S/C69H103N14O16PS/c1-34-24-45-46(25-35(34)2)83(33-78-45)63-58(92)59(47(31-84)97-63)99-100(94,95)98-36(3)30-77-55(91)20-21-66(8)42(26-51(73)87)62-69(11)68(10,29-53(75)89)41(16-19-54(90)76-22-13-23-101-32-43(70)64(93)96-12)57(82-69)38(5)61-67(9,28-52(74)88)39(14-17-49(71)85)44(79-61)27-48-65(6,7)40(15-18-50(72)86)56(80-48)37(4)60(66)81-62/h24-25,27,33,36,39-43,47,58-59,62-63,79,84,92H,13-23,26,28-32,70H2,1-12H3,(H2,71,85)(H2,72,86)(H2,73,87)(H2,74,88)(H2,75,89)(H,76,90)(H,77,91)(H,94,95)/p-1/b44-27-,56-37-,61-38-/t36-,39-,40-,41-,42+,43+,47+,58-,59-,62-,63+,66-,67+,68+,69-/m1/s1.